The molecule has 22 heavy (non-hydrogen) atoms. The van der Waals surface area contributed by atoms with Crippen LogP contribution in [0.1, 0.15) is 65.7 Å². The number of likely N-dealkylation sites (tertiary alicyclic amines) is 1. The minimum Gasteiger partial charge on any atom is -0.360 e. The van der Waals surface area contributed by atoms with E-state index in [1.165, 1.54) is 0 Å². The van der Waals surface area contributed by atoms with E-state index >= 15 is 0 Å². The first-order valence-electron chi connectivity index (χ1n) is 8.12. The van der Waals surface area contributed by atoms with Crippen LogP contribution in [0.3, 0.4) is 0 Å². The Hall–Kier alpha value is -2.11. The van der Waals surface area contributed by atoms with E-state index in [1.807, 2.05) is 11.0 Å². The first kappa shape index (κ1) is 13.5. The molecule has 1 aliphatic heterocycles. The van der Waals surface area contributed by atoms with Gasteiger partial charge >= 0.3 is 0 Å². The molecule has 3 heterocycles. The molecule has 0 bridgehead atoms. The molecule has 2 aromatic heterocycles. The maximum absolute atomic E-state index is 13.0. The lowest BCUT2D eigenvalue weighted by Gasteiger charge is -2.34. The molecular weight excluding hydrogens is 280 g/mol. The van der Waals surface area contributed by atoms with Gasteiger partial charge in [-0.15, -0.1) is 0 Å². The molecular formula is C16H20N4O2. The molecule has 116 valence electrons. The summed E-state index contributed by atoms with van der Waals surface area (Å²) in [4.78, 5) is 14.9. The van der Waals surface area contributed by atoms with Gasteiger partial charge in [0.2, 0.25) is 0 Å². The van der Waals surface area contributed by atoms with Crippen LogP contribution in [0.15, 0.2) is 16.8 Å². The first-order valence-corrected chi connectivity index (χ1v) is 8.12. The normalized spacial score (nSPS) is 21.6. The number of nitrogens with one attached hydrogen (secondary N) is 1. The Morgan fingerprint density at radius 3 is 3.05 bits per heavy atom. The second-order valence-corrected chi connectivity index (χ2v) is 6.16. The Balaban J connectivity index is 1.64. The van der Waals surface area contributed by atoms with Gasteiger partial charge in [-0.25, -0.2) is 0 Å². The van der Waals surface area contributed by atoms with E-state index in [-0.39, 0.29) is 11.9 Å². The van der Waals surface area contributed by atoms with Crippen molar-refractivity contribution in [1.82, 2.24) is 20.3 Å². The number of aromatic nitrogens is 3. The highest BCUT2D eigenvalue weighted by atomic mass is 16.5. The predicted octanol–water partition coefficient (Wildman–Crippen LogP) is 2.64. The van der Waals surface area contributed by atoms with Crippen molar-refractivity contribution in [3.8, 4) is 0 Å². The van der Waals surface area contributed by atoms with Crippen molar-refractivity contribution in [3.05, 3.63) is 35.0 Å². The number of amides is 1. The van der Waals surface area contributed by atoms with Crippen LogP contribution in [0, 0.1) is 0 Å². The molecule has 4 rings (SSSR count). The largest absolute Gasteiger partial charge is 0.360 e. The highest BCUT2D eigenvalue weighted by molar-refractivity contribution is 5.94. The van der Waals surface area contributed by atoms with Crippen molar-refractivity contribution in [1.29, 1.82) is 0 Å². The van der Waals surface area contributed by atoms with Crippen molar-refractivity contribution in [2.24, 2.45) is 0 Å². The fourth-order valence-corrected chi connectivity index (χ4v) is 3.64. The lowest BCUT2D eigenvalue weighted by atomic mass is 9.94. The Labute approximate surface area is 128 Å². The molecule has 1 saturated heterocycles. The Kier molecular flexibility index (Phi) is 3.44. The highest BCUT2D eigenvalue weighted by Crippen LogP contribution is 2.32. The zero-order valence-electron chi connectivity index (χ0n) is 12.5. The van der Waals surface area contributed by atoms with E-state index in [4.69, 9.17) is 4.52 Å². The third-order valence-electron chi connectivity index (χ3n) is 4.80. The fourth-order valence-electron chi connectivity index (χ4n) is 3.64. The third kappa shape index (κ3) is 2.23. The number of aromatic amines is 1. The molecule has 6 heteroatoms. The third-order valence-corrected chi connectivity index (χ3v) is 4.80. The van der Waals surface area contributed by atoms with E-state index < -0.39 is 0 Å². The molecule has 1 amide bonds. The first-order chi connectivity index (χ1) is 10.8. The van der Waals surface area contributed by atoms with Gasteiger partial charge in [0, 0.05) is 24.7 Å². The SMILES string of the molecule is O=C(c1noc2c1CCCC2)N1CCCC[C@@H]1c1ccn[nH]1. The summed E-state index contributed by atoms with van der Waals surface area (Å²) in [5.74, 6) is 0.913. The lowest BCUT2D eigenvalue weighted by molar-refractivity contribution is 0.0594. The van der Waals surface area contributed by atoms with Gasteiger partial charge in [-0.05, 0) is 44.6 Å². The van der Waals surface area contributed by atoms with Crippen molar-refractivity contribution >= 4 is 5.91 Å². The van der Waals surface area contributed by atoms with Gasteiger partial charge in [0.25, 0.3) is 5.91 Å². The van der Waals surface area contributed by atoms with Crippen LogP contribution >= 0.6 is 0 Å². The number of aryl methyl sites for hydroxylation is 1. The van der Waals surface area contributed by atoms with Crippen LogP contribution in [0.2, 0.25) is 0 Å². The van der Waals surface area contributed by atoms with Gasteiger partial charge in [0.15, 0.2) is 5.69 Å². The summed E-state index contributed by atoms with van der Waals surface area (Å²) in [7, 11) is 0. The fraction of sp³-hybridized carbons (Fsp3) is 0.562. The summed E-state index contributed by atoms with van der Waals surface area (Å²) in [6.07, 6.45) is 8.91. The van der Waals surface area contributed by atoms with Gasteiger partial charge in [0.05, 0.1) is 11.7 Å². The van der Waals surface area contributed by atoms with Crippen molar-refractivity contribution < 1.29 is 9.32 Å². The smallest absolute Gasteiger partial charge is 0.276 e. The van der Waals surface area contributed by atoms with Crippen molar-refractivity contribution in [3.63, 3.8) is 0 Å². The van der Waals surface area contributed by atoms with E-state index in [1.54, 1.807) is 6.20 Å². The van der Waals surface area contributed by atoms with E-state index in [9.17, 15) is 4.79 Å². The lowest BCUT2D eigenvalue weighted by Crippen LogP contribution is -2.39. The summed E-state index contributed by atoms with van der Waals surface area (Å²) >= 11 is 0. The number of carbonyl (C=O) groups excluding carboxylic acids is 1. The van der Waals surface area contributed by atoms with Gasteiger partial charge in [-0.3, -0.25) is 9.89 Å². The van der Waals surface area contributed by atoms with Gasteiger partial charge in [-0.1, -0.05) is 5.16 Å². The monoisotopic (exact) mass is 300 g/mol. The van der Waals surface area contributed by atoms with Gasteiger partial charge in [0.1, 0.15) is 5.76 Å². The molecule has 0 spiro atoms. The summed E-state index contributed by atoms with van der Waals surface area (Å²) in [6.45, 7) is 0.768. The summed E-state index contributed by atoms with van der Waals surface area (Å²) in [6, 6.07) is 2.02. The maximum Gasteiger partial charge on any atom is 0.276 e. The molecule has 1 N–H and O–H groups in total. The van der Waals surface area contributed by atoms with Crippen LogP contribution in [-0.4, -0.2) is 32.7 Å². The number of rotatable bonds is 2. The van der Waals surface area contributed by atoms with Crippen LogP contribution in [-0.2, 0) is 12.8 Å². The average molecular weight is 300 g/mol. The van der Waals surface area contributed by atoms with Crippen LogP contribution in [0.4, 0.5) is 0 Å². The number of piperidine rings is 1. The molecule has 0 saturated carbocycles. The number of hydrogen-bond acceptors (Lipinski definition) is 4. The van der Waals surface area contributed by atoms with Gasteiger partial charge < -0.3 is 9.42 Å². The minimum absolute atomic E-state index is 0.00574. The number of carbonyl (C=O) groups is 1. The molecule has 6 nitrogen and oxygen atoms in total. The molecule has 1 fully saturated rings. The highest BCUT2D eigenvalue weighted by Gasteiger charge is 2.33. The standard InChI is InChI=1S/C16H20N4O2/c21-16(15-11-5-1-2-7-14(11)22-19-15)20-10-4-3-6-13(20)12-8-9-17-18-12/h8-9,13H,1-7,10H2,(H,17,18)/t13-/m1/s1. The molecule has 1 atom stereocenters. The van der Waals surface area contributed by atoms with E-state index in [0.29, 0.717) is 5.69 Å². The molecule has 1 aliphatic carbocycles. The predicted molar refractivity (Wildman–Crippen MR) is 79.4 cm³/mol. The summed E-state index contributed by atoms with van der Waals surface area (Å²) in [5.41, 5.74) is 2.57. The Morgan fingerprint density at radius 2 is 2.18 bits per heavy atom. The van der Waals surface area contributed by atoms with Crippen molar-refractivity contribution in [2.75, 3.05) is 6.54 Å². The van der Waals surface area contributed by atoms with E-state index in [2.05, 4.69) is 15.4 Å². The maximum atomic E-state index is 13.0. The van der Waals surface area contributed by atoms with Gasteiger partial charge in [-0.2, -0.15) is 5.10 Å². The quantitative estimate of drug-likeness (QED) is 0.925. The summed E-state index contributed by atoms with van der Waals surface area (Å²) in [5, 5.41) is 11.1. The number of nitrogens with zero attached hydrogens (tertiary/aromatic N) is 3. The second kappa shape index (κ2) is 5.59. The van der Waals surface area contributed by atoms with E-state index in [0.717, 1.165) is 68.5 Å². The number of H-pyrrole nitrogens is 1. The summed E-state index contributed by atoms with van der Waals surface area (Å²) < 4.78 is 5.41. The van der Waals surface area contributed by atoms with Crippen LogP contribution in [0.5, 0.6) is 0 Å². The van der Waals surface area contributed by atoms with Crippen LogP contribution < -0.4 is 0 Å². The second-order valence-electron chi connectivity index (χ2n) is 6.16. The van der Waals surface area contributed by atoms with Crippen molar-refractivity contribution in [2.45, 2.75) is 51.0 Å². The Morgan fingerprint density at radius 1 is 1.27 bits per heavy atom. The molecule has 0 radical (unpaired) electrons. The molecule has 2 aromatic rings. The molecule has 0 aromatic carbocycles. The molecule has 2 aliphatic rings. The zero-order chi connectivity index (χ0) is 14.9. The topological polar surface area (TPSA) is 75.0 Å². The number of hydrogen-bond donors (Lipinski definition) is 1. The molecule has 0 unspecified atom stereocenters. The minimum atomic E-state index is 0.00574. The Bertz CT molecular complexity index is 662. The average Bonchev–Trinajstić information content (AvgIpc) is 3.24. The van der Waals surface area contributed by atoms with Crippen LogP contribution in [0.25, 0.3) is 0 Å². The number of fused-ring (bicyclic) bond motifs is 1. The zero-order valence-corrected chi connectivity index (χ0v) is 12.5.